The van der Waals surface area contributed by atoms with E-state index in [0.29, 0.717) is 17.7 Å². The summed E-state index contributed by atoms with van der Waals surface area (Å²) in [7, 11) is 0. The number of carbonyl (C=O) groups excluding carboxylic acids is 2. The van der Waals surface area contributed by atoms with Crippen LogP contribution >= 0.6 is 11.3 Å². The van der Waals surface area contributed by atoms with Crippen LogP contribution in [0.25, 0.3) is 0 Å². The molecule has 1 aromatic carbocycles. The molecule has 2 aromatic rings. The van der Waals surface area contributed by atoms with E-state index >= 15 is 0 Å². The number of hydrogen-bond acceptors (Lipinski definition) is 4. The molecule has 0 unspecified atom stereocenters. The summed E-state index contributed by atoms with van der Waals surface area (Å²) >= 11 is 1.58. The highest BCUT2D eigenvalue weighted by Gasteiger charge is 2.25. The van der Waals surface area contributed by atoms with Crippen molar-refractivity contribution in [2.45, 2.75) is 32.1 Å². The minimum absolute atomic E-state index is 0.0501. The lowest BCUT2D eigenvalue weighted by Crippen LogP contribution is -2.30. The van der Waals surface area contributed by atoms with E-state index in [2.05, 4.69) is 10.2 Å². The molecule has 0 spiro atoms. The van der Waals surface area contributed by atoms with Crippen LogP contribution in [-0.4, -0.2) is 42.9 Å². The highest BCUT2D eigenvalue weighted by molar-refractivity contribution is 7.10. The standard InChI is InChI=1S/C21H25N3O2S/c25-20(15-17-6-5-13-27-17)22-16-7-8-19(23-9-1-2-10-23)18(14-16)21(26)24-11-3-4-12-24/h5-8,13-14H,1-4,9-12,15H2,(H,22,25). The minimum atomic E-state index is -0.0501. The second kappa shape index (κ2) is 8.13. The molecular formula is C21H25N3O2S. The lowest BCUT2D eigenvalue weighted by molar-refractivity contribution is -0.115. The van der Waals surface area contributed by atoms with Crippen LogP contribution in [0, 0.1) is 0 Å². The van der Waals surface area contributed by atoms with Gasteiger partial charge in [0.15, 0.2) is 0 Å². The lowest BCUT2D eigenvalue weighted by atomic mass is 10.1. The summed E-state index contributed by atoms with van der Waals surface area (Å²) < 4.78 is 0. The molecule has 6 heteroatoms. The Labute approximate surface area is 164 Å². The zero-order chi connectivity index (χ0) is 18.6. The first-order valence-corrected chi connectivity index (χ1v) is 10.6. The van der Waals surface area contributed by atoms with Crippen LogP contribution in [0.4, 0.5) is 11.4 Å². The summed E-state index contributed by atoms with van der Waals surface area (Å²) in [5.74, 6) is 0.0368. The van der Waals surface area contributed by atoms with Gasteiger partial charge in [-0.2, -0.15) is 0 Å². The Morgan fingerprint density at radius 1 is 1.00 bits per heavy atom. The zero-order valence-electron chi connectivity index (χ0n) is 15.4. The summed E-state index contributed by atoms with van der Waals surface area (Å²) in [6, 6.07) is 9.69. The first kappa shape index (κ1) is 18.0. The number of nitrogens with one attached hydrogen (secondary N) is 1. The third-order valence-electron chi connectivity index (χ3n) is 5.27. The van der Waals surface area contributed by atoms with E-state index < -0.39 is 0 Å². The molecule has 3 heterocycles. The van der Waals surface area contributed by atoms with Crippen LogP contribution in [-0.2, 0) is 11.2 Å². The van der Waals surface area contributed by atoms with Gasteiger partial charge in [0.2, 0.25) is 5.91 Å². The van der Waals surface area contributed by atoms with Crippen LogP contribution in [0.1, 0.15) is 40.9 Å². The SMILES string of the molecule is O=C(Cc1cccs1)Nc1ccc(N2CCCC2)c(C(=O)N2CCCC2)c1. The van der Waals surface area contributed by atoms with Crippen molar-refractivity contribution >= 4 is 34.5 Å². The Hall–Kier alpha value is -2.34. The Morgan fingerprint density at radius 2 is 1.74 bits per heavy atom. The van der Waals surface area contributed by atoms with Crippen molar-refractivity contribution in [3.8, 4) is 0 Å². The summed E-state index contributed by atoms with van der Waals surface area (Å²) in [4.78, 5) is 30.7. The molecule has 0 saturated carbocycles. The quantitative estimate of drug-likeness (QED) is 0.855. The number of rotatable bonds is 5. The van der Waals surface area contributed by atoms with Crippen LogP contribution in [0.2, 0.25) is 0 Å². The van der Waals surface area contributed by atoms with Gasteiger partial charge in [0.05, 0.1) is 12.0 Å². The van der Waals surface area contributed by atoms with Crippen molar-refractivity contribution < 1.29 is 9.59 Å². The molecule has 142 valence electrons. The highest BCUT2D eigenvalue weighted by atomic mass is 32.1. The van der Waals surface area contributed by atoms with E-state index in [1.54, 1.807) is 11.3 Å². The van der Waals surface area contributed by atoms with Crippen molar-refractivity contribution in [3.05, 3.63) is 46.2 Å². The van der Waals surface area contributed by atoms with E-state index in [1.165, 1.54) is 0 Å². The summed E-state index contributed by atoms with van der Waals surface area (Å²) in [5.41, 5.74) is 2.41. The molecular weight excluding hydrogens is 358 g/mol. The Balaban J connectivity index is 1.56. The predicted molar refractivity (Wildman–Crippen MR) is 110 cm³/mol. The molecule has 1 aromatic heterocycles. The fourth-order valence-corrected chi connectivity index (χ4v) is 4.59. The second-order valence-corrected chi connectivity index (χ2v) is 8.26. The smallest absolute Gasteiger partial charge is 0.256 e. The second-order valence-electron chi connectivity index (χ2n) is 7.23. The maximum atomic E-state index is 13.1. The van der Waals surface area contributed by atoms with Crippen molar-refractivity contribution in [3.63, 3.8) is 0 Å². The average molecular weight is 384 g/mol. The first-order chi connectivity index (χ1) is 13.2. The molecule has 0 bridgehead atoms. The monoisotopic (exact) mass is 383 g/mol. The lowest BCUT2D eigenvalue weighted by Gasteiger charge is -2.24. The van der Waals surface area contributed by atoms with Crippen molar-refractivity contribution in [2.75, 3.05) is 36.4 Å². The summed E-state index contributed by atoms with van der Waals surface area (Å²) in [5, 5.41) is 4.93. The number of hydrogen-bond donors (Lipinski definition) is 1. The fraction of sp³-hybridized carbons (Fsp3) is 0.429. The molecule has 2 fully saturated rings. The number of anilines is 2. The Kier molecular flexibility index (Phi) is 5.43. The van der Waals surface area contributed by atoms with E-state index in [1.807, 2.05) is 40.6 Å². The predicted octanol–water partition coefficient (Wildman–Crippen LogP) is 3.77. The van der Waals surface area contributed by atoms with Gasteiger partial charge in [-0.05, 0) is 55.3 Å². The van der Waals surface area contributed by atoms with Crippen LogP contribution < -0.4 is 10.2 Å². The molecule has 4 rings (SSSR count). The van der Waals surface area contributed by atoms with Crippen molar-refractivity contribution in [1.29, 1.82) is 0 Å². The Bertz CT molecular complexity index is 807. The van der Waals surface area contributed by atoms with E-state index in [-0.39, 0.29) is 11.8 Å². The third-order valence-corrected chi connectivity index (χ3v) is 6.14. The van der Waals surface area contributed by atoms with Gasteiger partial charge in [-0.25, -0.2) is 0 Å². The normalized spacial score (nSPS) is 16.7. The van der Waals surface area contributed by atoms with Gasteiger partial charge in [-0.1, -0.05) is 6.07 Å². The molecule has 2 aliphatic rings. The maximum absolute atomic E-state index is 13.1. The Morgan fingerprint density at radius 3 is 2.44 bits per heavy atom. The first-order valence-electron chi connectivity index (χ1n) is 9.71. The summed E-state index contributed by atoms with van der Waals surface area (Å²) in [6.07, 6.45) is 4.83. The molecule has 0 radical (unpaired) electrons. The highest BCUT2D eigenvalue weighted by Crippen LogP contribution is 2.29. The largest absolute Gasteiger partial charge is 0.371 e. The molecule has 5 nitrogen and oxygen atoms in total. The average Bonchev–Trinajstić information content (AvgIpc) is 3.43. The third kappa shape index (κ3) is 4.16. The van der Waals surface area contributed by atoms with Gasteiger partial charge in [0.1, 0.15) is 0 Å². The van der Waals surface area contributed by atoms with Gasteiger partial charge in [-0.15, -0.1) is 11.3 Å². The molecule has 0 aliphatic carbocycles. The van der Waals surface area contributed by atoms with Gasteiger partial charge < -0.3 is 15.1 Å². The maximum Gasteiger partial charge on any atom is 0.256 e. The number of thiophene rings is 1. The molecule has 2 amide bonds. The number of amides is 2. The van der Waals surface area contributed by atoms with E-state index in [4.69, 9.17) is 0 Å². The van der Waals surface area contributed by atoms with Gasteiger partial charge >= 0.3 is 0 Å². The van der Waals surface area contributed by atoms with E-state index in [0.717, 1.165) is 62.4 Å². The topological polar surface area (TPSA) is 52.7 Å². The number of likely N-dealkylation sites (tertiary alicyclic amines) is 1. The summed E-state index contributed by atoms with van der Waals surface area (Å²) in [6.45, 7) is 3.63. The number of carbonyl (C=O) groups is 2. The van der Waals surface area contributed by atoms with E-state index in [9.17, 15) is 9.59 Å². The molecule has 1 N–H and O–H groups in total. The van der Waals surface area contributed by atoms with Gasteiger partial charge in [0, 0.05) is 42.4 Å². The number of benzene rings is 1. The minimum Gasteiger partial charge on any atom is -0.371 e. The van der Waals surface area contributed by atoms with Crippen LogP contribution in [0.3, 0.4) is 0 Å². The number of nitrogens with zero attached hydrogens (tertiary/aromatic N) is 2. The van der Waals surface area contributed by atoms with Gasteiger partial charge in [0.25, 0.3) is 5.91 Å². The molecule has 27 heavy (non-hydrogen) atoms. The van der Waals surface area contributed by atoms with Crippen molar-refractivity contribution in [1.82, 2.24) is 4.90 Å². The zero-order valence-corrected chi connectivity index (χ0v) is 16.3. The van der Waals surface area contributed by atoms with Gasteiger partial charge in [-0.3, -0.25) is 9.59 Å². The molecule has 2 saturated heterocycles. The van der Waals surface area contributed by atoms with Crippen LogP contribution in [0.5, 0.6) is 0 Å². The molecule has 2 aliphatic heterocycles. The van der Waals surface area contributed by atoms with Crippen LogP contribution in [0.15, 0.2) is 35.7 Å². The molecule has 0 atom stereocenters. The van der Waals surface area contributed by atoms with Crippen molar-refractivity contribution in [2.24, 2.45) is 0 Å². The fourth-order valence-electron chi connectivity index (χ4n) is 3.89.